The maximum atomic E-state index is 14.4. The summed E-state index contributed by atoms with van der Waals surface area (Å²) in [6.07, 6.45) is 2.21. The largest absolute Gasteiger partial charge is 0.384 e. The number of aryl methyl sites for hydroxylation is 1. The third-order valence-electron chi connectivity index (χ3n) is 5.62. The van der Waals surface area contributed by atoms with Gasteiger partial charge in [0.1, 0.15) is 22.5 Å². The molecule has 0 aliphatic heterocycles. The molecule has 4 aromatic rings. The van der Waals surface area contributed by atoms with Crippen molar-refractivity contribution >= 4 is 22.7 Å². The van der Waals surface area contributed by atoms with Crippen molar-refractivity contribution in [3.8, 4) is 5.82 Å². The minimum Gasteiger partial charge on any atom is -0.384 e. The zero-order valence-electron chi connectivity index (χ0n) is 19.6. The molecule has 4 N–H and O–H groups in total. The van der Waals surface area contributed by atoms with Crippen LogP contribution in [-0.2, 0) is 18.6 Å². The highest BCUT2D eigenvalue weighted by atomic mass is 19.1. The molecule has 0 saturated heterocycles. The second kappa shape index (κ2) is 8.96. The lowest BCUT2D eigenvalue weighted by Crippen LogP contribution is -2.24. The monoisotopic (exact) mass is 465 g/mol. The van der Waals surface area contributed by atoms with E-state index in [1.807, 2.05) is 32.0 Å². The summed E-state index contributed by atoms with van der Waals surface area (Å²) in [4.78, 5) is 26.2. The van der Waals surface area contributed by atoms with Gasteiger partial charge in [0.2, 0.25) is 5.95 Å². The first kappa shape index (κ1) is 23.5. The van der Waals surface area contributed by atoms with E-state index < -0.39 is 11.4 Å². The minimum atomic E-state index is -1.51. The van der Waals surface area contributed by atoms with Crippen molar-refractivity contribution in [3.63, 3.8) is 0 Å². The number of pyridine rings is 1. The van der Waals surface area contributed by atoms with Crippen molar-refractivity contribution in [1.29, 1.82) is 0 Å². The molecule has 0 aliphatic rings. The van der Waals surface area contributed by atoms with Crippen molar-refractivity contribution in [2.75, 3.05) is 11.9 Å². The van der Waals surface area contributed by atoms with Gasteiger partial charge in [-0.15, -0.1) is 0 Å². The van der Waals surface area contributed by atoms with E-state index in [4.69, 9.17) is 5.73 Å². The molecule has 0 unspecified atom stereocenters. The number of nitrogens with zero attached hydrogens (tertiary/aromatic N) is 5. The maximum absolute atomic E-state index is 14.4. The molecule has 0 spiro atoms. The van der Waals surface area contributed by atoms with E-state index in [0.29, 0.717) is 30.1 Å². The summed E-state index contributed by atoms with van der Waals surface area (Å²) < 4.78 is 17.3. The first-order chi connectivity index (χ1) is 16.1. The Morgan fingerprint density at radius 2 is 1.97 bits per heavy atom. The Bertz CT molecular complexity index is 1420. The highest BCUT2D eigenvalue weighted by molar-refractivity contribution is 5.77. The predicted octanol–water partition coefficient (Wildman–Crippen LogP) is 2.92. The van der Waals surface area contributed by atoms with Gasteiger partial charge in [-0.25, -0.2) is 23.7 Å². The molecule has 0 atom stereocenters. The molecule has 0 aliphatic carbocycles. The van der Waals surface area contributed by atoms with Crippen LogP contribution < -0.4 is 16.6 Å². The lowest BCUT2D eigenvalue weighted by molar-refractivity contribution is 0.0694. The summed E-state index contributed by atoms with van der Waals surface area (Å²) in [5.74, 6) is -0.0812. The van der Waals surface area contributed by atoms with Gasteiger partial charge in [0.25, 0.3) is 5.56 Å². The topological polar surface area (TPSA) is 124 Å². The van der Waals surface area contributed by atoms with Crippen molar-refractivity contribution in [2.45, 2.75) is 46.3 Å². The standard InChI is InChI=1S/C24H28FN7O2/c1-5-31-22(33)17-13-27-23(28-16-7-6-14(2)15(12-16)10-11-26)30-21(17)32(31)19-9-8-18(25)20(29-19)24(3,4)34/h6-9,12-13,34H,5,10-11,26H2,1-4H3,(H,27,28,30). The average Bonchev–Trinajstić information content (AvgIpc) is 3.07. The Morgan fingerprint density at radius 3 is 2.65 bits per heavy atom. The van der Waals surface area contributed by atoms with Gasteiger partial charge in [-0.2, -0.15) is 4.98 Å². The number of halogens is 1. The fourth-order valence-electron chi connectivity index (χ4n) is 3.89. The van der Waals surface area contributed by atoms with Gasteiger partial charge in [-0.05, 0) is 76.1 Å². The van der Waals surface area contributed by atoms with E-state index in [1.54, 1.807) is 0 Å². The molecule has 0 saturated carbocycles. The van der Waals surface area contributed by atoms with Crippen LogP contribution in [0.3, 0.4) is 0 Å². The van der Waals surface area contributed by atoms with E-state index in [-0.39, 0.29) is 17.1 Å². The number of hydrogen-bond donors (Lipinski definition) is 3. The summed E-state index contributed by atoms with van der Waals surface area (Å²) >= 11 is 0. The summed E-state index contributed by atoms with van der Waals surface area (Å²) in [6.45, 7) is 7.62. The third-order valence-corrected chi connectivity index (χ3v) is 5.62. The van der Waals surface area contributed by atoms with Gasteiger partial charge in [0.05, 0.1) is 0 Å². The molecule has 9 nitrogen and oxygen atoms in total. The number of fused-ring (bicyclic) bond motifs is 1. The molecule has 4 rings (SSSR count). The van der Waals surface area contributed by atoms with Crippen LogP contribution in [0.2, 0.25) is 0 Å². The number of benzene rings is 1. The summed E-state index contributed by atoms with van der Waals surface area (Å²) in [7, 11) is 0. The normalized spacial score (nSPS) is 11.9. The van der Waals surface area contributed by atoms with Crippen LogP contribution in [0.15, 0.2) is 41.3 Å². The van der Waals surface area contributed by atoms with E-state index >= 15 is 0 Å². The minimum absolute atomic E-state index is 0.124. The van der Waals surface area contributed by atoms with Gasteiger partial charge < -0.3 is 16.2 Å². The summed E-state index contributed by atoms with van der Waals surface area (Å²) in [5, 5.41) is 13.8. The lowest BCUT2D eigenvalue weighted by Gasteiger charge is -2.19. The molecule has 0 fully saturated rings. The van der Waals surface area contributed by atoms with Gasteiger partial charge in [-0.1, -0.05) is 6.07 Å². The predicted molar refractivity (Wildman–Crippen MR) is 129 cm³/mol. The highest BCUT2D eigenvalue weighted by Gasteiger charge is 2.25. The second-order valence-corrected chi connectivity index (χ2v) is 8.63. The Kier molecular flexibility index (Phi) is 6.20. The zero-order chi connectivity index (χ0) is 24.6. The van der Waals surface area contributed by atoms with Crippen molar-refractivity contribution in [1.82, 2.24) is 24.3 Å². The van der Waals surface area contributed by atoms with E-state index in [1.165, 1.54) is 41.5 Å². The average molecular weight is 466 g/mol. The molecule has 1 aromatic carbocycles. The Morgan fingerprint density at radius 1 is 1.21 bits per heavy atom. The van der Waals surface area contributed by atoms with E-state index in [2.05, 4.69) is 20.3 Å². The fourth-order valence-corrected chi connectivity index (χ4v) is 3.89. The van der Waals surface area contributed by atoms with Crippen LogP contribution in [0, 0.1) is 12.7 Å². The SMILES string of the molecule is CCn1c(=O)c2cnc(Nc3ccc(C)c(CCN)c3)nc2n1-c1ccc(F)c(C(C)(C)O)n1. The number of nitrogens with two attached hydrogens (primary N) is 1. The molecule has 0 bridgehead atoms. The van der Waals surface area contributed by atoms with E-state index in [9.17, 15) is 14.3 Å². The zero-order valence-corrected chi connectivity index (χ0v) is 19.6. The van der Waals surface area contributed by atoms with Crippen molar-refractivity contribution < 1.29 is 9.50 Å². The van der Waals surface area contributed by atoms with Gasteiger partial charge in [0, 0.05) is 18.4 Å². The van der Waals surface area contributed by atoms with Crippen LogP contribution in [-0.4, -0.2) is 36.0 Å². The Hall–Kier alpha value is -3.63. The van der Waals surface area contributed by atoms with Gasteiger partial charge in [0.15, 0.2) is 11.5 Å². The molecule has 3 heterocycles. The molecule has 34 heavy (non-hydrogen) atoms. The van der Waals surface area contributed by atoms with E-state index in [0.717, 1.165) is 23.2 Å². The Balaban J connectivity index is 1.85. The lowest BCUT2D eigenvalue weighted by atomic mass is 10.0. The first-order valence-corrected chi connectivity index (χ1v) is 11.1. The highest BCUT2D eigenvalue weighted by Crippen LogP contribution is 2.24. The van der Waals surface area contributed by atoms with Crippen LogP contribution in [0.1, 0.15) is 37.6 Å². The number of anilines is 2. The number of nitrogens with one attached hydrogen (secondary N) is 1. The van der Waals surface area contributed by atoms with Crippen molar-refractivity contribution in [3.05, 3.63) is 69.5 Å². The number of aliphatic hydroxyl groups is 1. The van der Waals surface area contributed by atoms with Crippen LogP contribution in [0.5, 0.6) is 0 Å². The summed E-state index contributed by atoms with van der Waals surface area (Å²) in [5.41, 5.74) is 7.18. The number of hydrogen-bond acceptors (Lipinski definition) is 7. The van der Waals surface area contributed by atoms with Gasteiger partial charge in [-0.3, -0.25) is 4.79 Å². The number of rotatable bonds is 7. The smallest absolute Gasteiger partial charge is 0.278 e. The fraction of sp³-hybridized carbons (Fsp3) is 0.333. The molecular formula is C24H28FN7O2. The second-order valence-electron chi connectivity index (χ2n) is 8.63. The molecule has 3 aromatic heterocycles. The first-order valence-electron chi connectivity index (χ1n) is 11.1. The number of aromatic nitrogens is 5. The van der Waals surface area contributed by atoms with Crippen LogP contribution >= 0.6 is 0 Å². The summed E-state index contributed by atoms with van der Waals surface area (Å²) in [6, 6.07) is 8.58. The Labute approximate surface area is 196 Å². The molecule has 0 amide bonds. The molecule has 178 valence electrons. The molecular weight excluding hydrogens is 437 g/mol. The third kappa shape index (κ3) is 4.29. The van der Waals surface area contributed by atoms with Crippen molar-refractivity contribution in [2.24, 2.45) is 5.73 Å². The quantitative estimate of drug-likeness (QED) is 0.383. The molecule has 10 heteroatoms. The van der Waals surface area contributed by atoms with Gasteiger partial charge >= 0.3 is 0 Å². The van der Waals surface area contributed by atoms with Crippen LogP contribution in [0.25, 0.3) is 16.9 Å². The van der Waals surface area contributed by atoms with Crippen LogP contribution in [0.4, 0.5) is 16.0 Å². The molecule has 0 radical (unpaired) electrons. The maximum Gasteiger partial charge on any atom is 0.278 e.